The average Bonchev–Trinajstić information content (AvgIpc) is 2.89. The molecular weight excluding hydrogens is 291 g/mol. The molecule has 1 aliphatic rings. The van der Waals surface area contributed by atoms with E-state index in [0.29, 0.717) is 0 Å². The summed E-state index contributed by atoms with van der Waals surface area (Å²) in [4.78, 5) is 4.59. The Balaban J connectivity index is 0.000001000. The minimum absolute atomic E-state index is 0. The first kappa shape index (κ1) is 17.2. The van der Waals surface area contributed by atoms with Crippen molar-refractivity contribution in [1.82, 2.24) is 10.3 Å². The predicted octanol–water partition coefficient (Wildman–Crippen LogP) is 4.42. The lowest BCUT2D eigenvalue weighted by Crippen LogP contribution is -2.25. The number of nitrogens with zero attached hydrogens (tertiary/aromatic N) is 1. The third-order valence-electron chi connectivity index (χ3n) is 3.87. The number of fused-ring (bicyclic) bond motifs is 1. The van der Waals surface area contributed by atoms with Crippen LogP contribution in [0.3, 0.4) is 0 Å². The summed E-state index contributed by atoms with van der Waals surface area (Å²) in [5.41, 5.74) is 3.60. The van der Waals surface area contributed by atoms with Crippen molar-refractivity contribution in [3.63, 3.8) is 0 Å². The molecule has 0 amide bonds. The van der Waals surface area contributed by atoms with Gasteiger partial charge in [0.25, 0.3) is 0 Å². The highest BCUT2D eigenvalue weighted by Crippen LogP contribution is 2.21. The largest absolute Gasteiger partial charge is 0.310 e. The number of aryl methyl sites for hydroxylation is 1. The third kappa shape index (κ3) is 3.85. The molecule has 1 heterocycles. The lowest BCUT2D eigenvalue weighted by atomic mass is 10.1. The van der Waals surface area contributed by atoms with Gasteiger partial charge in [0.2, 0.25) is 0 Å². The number of benzene rings is 1. The Morgan fingerprint density at radius 1 is 1.15 bits per heavy atom. The van der Waals surface area contributed by atoms with Crippen molar-refractivity contribution < 1.29 is 0 Å². The normalized spacial score (nSPS) is 14.8. The lowest BCUT2D eigenvalue weighted by molar-refractivity contribution is 0.525. The van der Waals surface area contributed by atoms with E-state index < -0.39 is 0 Å². The van der Waals surface area contributed by atoms with Gasteiger partial charge in [-0.2, -0.15) is 0 Å². The van der Waals surface area contributed by atoms with Crippen LogP contribution in [-0.4, -0.2) is 11.0 Å². The SMILES string of the molecule is Cc1cc(CNC2CCCC2)c2ccccc2n1.Cl.Cl. The Labute approximate surface area is 133 Å². The van der Waals surface area contributed by atoms with Crippen LogP contribution in [0.15, 0.2) is 30.3 Å². The maximum atomic E-state index is 4.59. The van der Waals surface area contributed by atoms with Gasteiger partial charge in [-0.15, -0.1) is 24.8 Å². The van der Waals surface area contributed by atoms with Gasteiger partial charge in [0.1, 0.15) is 0 Å². The fourth-order valence-corrected chi connectivity index (χ4v) is 2.93. The van der Waals surface area contributed by atoms with Gasteiger partial charge in [-0.1, -0.05) is 31.0 Å². The molecule has 1 N–H and O–H groups in total. The quantitative estimate of drug-likeness (QED) is 0.907. The number of para-hydroxylation sites is 1. The molecule has 1 saturated carbocycles. The Morgan fingerprint density at radius 3 is 2.60 bits per heavy atom. The molecule has 1 aromatic heterocycles. The van der Waals surface area contributed by atoms with Crippen LogP contribution < -0.4 is 5.32 Å². The van der Waals surface area contributed by atoms with E-state index in [0.717, 1.165) is 23.8 Å². The van der Waals surface area contributed by atoms with Gasteiger partial charge in [-0.3, -0.25) is 4.98 Å². The summed E-state index contributed by atoms with van der Waals surface area (Å²) < 4.78 is 0. The fraction of sp³-hybridized carbons (Fsp3) is 0.438. The molecule has 2 aromatic rings. The number of halogens is 2. The number of pyridine rings is 1. The number of rotatable bonds is 3. The lowest BCUT2D eigenvalue weighted by Gasteiger charge is -2.13. The first-order chi connectivity index (χ1) is 8.83. The van der Waals surface area contributed by atoms with Gasteiger partial charge in [0, 0.05) is 23.7 Å². The molecule has 4 heteroatoms. The van der Waals surface area contributed by atoms with Crippen LogP contribution in [0, 0.1) is 6.92 Å². The molecule has 0 spiro atoms. The first-order valence-corrected chi connectivity index (χ1v) is 6.91. The minimum atomic E-state index is 0. The van der Waals surface area contributed by atoms with Crippen LogP contribution >= 0.6 is 24.8 Å². The second-order valence-electron chi connectivity index (χ2n) is 5.30. The van der Waals surface area contributed by atoms with Crippen molar-refractivity contribution in [2.45, 2.75) is 45.2 Å². The highest BCUT2D eigenvalue weighted by Gasteiger charge is 2.14. The molecule has 0 atom stereocenters. The third-order valence-corrected chi connectivity index (χ3v) is 3.87. The van der Waals surface area contributed by atoms with E-state index in [1.54, 1.807) is 0 Å². The molecular formula is C16H22Cl2N2. The van der Waals surface area contributed by atoms with E-state index in [9.17, 15) is 0 Å². The van der Waals surface area contributed by atoms with Crippen molar-refractivity contribution in [1.29, 1.82) is 0 Å². The smallest absolute Gasteiger partial charge is 0.0708 e. The van der Waals surface area contributed by atoms with Crippen molar-refractivity contribution in [3.8, 4) is 0 Å². The molecule has 0 radical (unpaired) electrons. The van der Waals surface area contributed by atoms with E-state index >= 15 is 0 Å². The zero-order valence-electron chi connectivity index (χ0n) is 11.8. The fourth-order valence-electron chi connectivity index (χ4n) is 2.93. The Kier molecular flexibility index (Phi) is 6.74. The molecule has 0 bridgehead atoms. The minimum Gasteiger partial charge on any atom is -0.310 e. The molecule has 0 saturated heterocycles. The van der Waals surface area contributed by atoms with Gasteiger partial charge in [0.05, 0.1) is 5.52 Å². The van der Waals surface area contributed by atoms with Gasteiger partial charge < -0.3 is 5.32 Å². The summed E-state index contributed by atoms with van der Waals surface area (Å²) in [6.45, 7) is 3.04. The van der Waals surface area contributed by atoms with Crippen molar-refractivity contribution in [2.24, 2.45) is 0 Å². The van der Waals surface area contributed by atoms with E-state index in [-0.39, 0.29) is 24.8 Å². The summed E-state index contributed by atoms with van der Waals surface area (Å²) in [6.07, 6.45) is 5.44. The van der Waals surface area contributed by atoms with Crippen molar-refractivity contribution >= 4 is 35.7 Å². The molecule has 1 fully saturated rings. The van der Waals surface area contributed by atoms with Gasteiger partial charge in [0.15, 0.2) is 0 Å². The maximum absolute atomic E-state index is 4.59. The van der Waals surface area contributed by atoms with Crippen molar-refractivity contribution in [3.05, 3.63) is 41.6 Å². The highest BCUT2D eigenvalue weighted by molar-refractivity contribution is 5.85. The van der Waals surface area contributed by atoms with Crippen LogP contribution in [0.2, 0.25) is 0 Å². The van der Waals surface area contributed by atoms with E-state index in [4.69, 9.17) is 0 Å². The Hall–Kier alpha value is -0.830. The molecule has 1 aromatic carbocycles. The highest BCUT2D eigenvalue weighted by atomic mass is 35.5. The molecule has 3 rings (SSSR count). The average molecular weight is 313 g/mol. The zero-order chi connectivity index (χ0) is 12.4. The number of hydrogen-bond acceptors (Lipinski definition) is 2. The molecule has 2 nitrogen and oxygen atoms in total. The second-order valence-corrected chi connectivity index (χ2v) is 5.30. The summed E-state index contributed by atoms with van der Waals surface area (Å²) in [6, 6.07) is 11.4. The Morgan fingerprint density at radius 2 is 1.85 bits per heavy atom. The number of aromatic nitrogens is 1. The van der Waals surface area contributed by atoms with Crippen LogP contribution in [0.5, 0.6) is 0 Å². The number of nitrogens with one attached hydrogen (secondary N) is 1. The molecule has 20 heavy (non-hydrogen) atoms. The summed E-state index contributed by atoms with van der Waals surface area (Å²) >= 11 is 0. The predicted molar refractivity (Wildman–Crippen MR) is 90.1 cm³/mol. The van der Waals surface area contributed by atoms with Crippen LogP contribution in [0.1, 0.15) is 36.9 Å². The molecule has 1 aliphatic carbocycles. The van der Waals surface area contributed by atoms with E-state index in [1.165, 1.54) is 36.6 Å². The van der Waals surface area contributed by atoms with Crippen LogP contribution in [0.25, 0.3) is 10.9 Å². The zero-order valence-corrected chi connectivity index (χ0v) is 13.4. The Bertz CT molecular complexity index is 551. The maximum Gasteiger partial charge on any atom is 0.0708 e. The summed E-state index contributed by atoms with van der Waals surface area (Å²) in [5, 5.41) is 4.98. The summed E-state index contributed by atoms with van der Waals surface area (Å²) in [7, 11) is 0. The monoisotopic (exact) mass is 312 g/mol. The van der Waals surface area contributed by atoms with Gasteiger partial charge >= 0.3 is 0 Å². The van der Waals surface area contributed by atoms with E-state index in [1.807, 2.05) is 0 Å². The van der Waals surface area contributed by atoms with Gasteiger partial charge in [-0.05, 0) is 37.5 Å². The van der Waals surface area contributed by atoms with E-state index in [2.05, 4.69) is 47.6 Å². The van der Waals surface area contributed by atoms with Gasteiger partial charge in [-0.25, -0.2) is 0 Å². The standard InChI is InChI=1S/C16H20N2.2ClH/c1-12-10-13(11-17-14-6-2-3-7-14)15-8-4-5-9-16(15)18-12;;/h4-5,8-10,14,17H,2-3,6-7,11H2,1H3;2*1H. The number of hydrogen-bond donors (Lipinski definition) is 1. The molecule has 0 aliphatic heterocycles. The first-order valence-electron chi connectivity index (χ1n) is 6.91. The topological polar surface area (TPSA) is 24.9 Å². The second kappa shape index (κ2) is 7.82. The molecule has 110 valence electrons. The summed E-state index contributed by atoms with van der Waals surface area (Å²) in [5.74, 6) is 0. The van der Waals surface area contributed by atoms with Crippen LogP contribution in [0.4, 0.5) is 0 Å². The van der Waals surface area contributed by atoms with Crippen LogP contribution in [-0.2, 0) is 6.54 Å². The van der Waals surface area contributed by atoms with Crippen molar-refractivity contribution in [2.75, 3.05) is 0 Å². The molecule has 0 unspecified atom stereocenters.